The third kappa shape index (κ3) is 3.27. The quantitative estimate of drug-likeness (QED) is 0.708. The summed E-state index contributed by atoms with van der Waals surface area (Å²) in [6, 6.07) is 14.4. The number of benzene rings is 2. The van der Waals surface area contributed by atoms with Gasteiger partial charge < -0.3 is 9.73 Å². The van der Waals surface area contributed by atoms with E-state index in [0.717, 1.165) is 5.56 Å². The Balaban J connectivity index is 1.81. The molecule has 0 atom stereocenters. The van der Waals surface area contributed by atoms with Crippen LogP contribution in [-0.4, -0.2) is 5.91 Å². The molecule has 0 aliphatic heterocycles. The molecule has 1 aromatic heterocycles. The molecule has 2 aromatic carbocycles. The van der Waals surface area contributed by atoms with Crippen molar-refractivity contribution in [3.05, 3.63) is 76.8 Å². The van der Waals surface area contributed by atoms with Crippen LogP contribution >= 0.6 is 11.6 Å². The van der Waals surface area contributed by atoms with E-state index in [2.05, 4.69) is 5.32 Å². The number of furan rings is 1. The molecule has 0 aliphatic rings. The van der Waals surface area contributed by atoms with Gasteiger partial charge in [0.1, 0.15) is 11.6 Å². The van der Waals surface area contributed by atoms with Crippen LogP contribution in [0.1, 0.15) is 16.1 Å². The SMILES string of the molecule is Cc1c(Cl)cccc1NC(=O)c1ccc(-c2ccc(F)cc2)o1. The summed E-state index contributed by atoms with van der Waals surface area (Å²) in [5.41, 5.74) is 2.11. The van der Waals surface area contributed by atoms with Crippen molar-refractivity contribution in [2.24, 2.45) is 0 Å². The molecule has 3 nitrogen and oxygen atoms in total. The maximum absolute atomic E-state index is 12.9. The van der Waals surface area contributed by atoms with Crippen LogP contribution < -0.4 is 5.32 Å². The molecule has 1 amide bonds. The van der Waals surface area contributed by atoms with Crippen molar-refractivity contribution >= 4 is 23.2 Å². The molecular formula is C18H13ClFNO2. The number of rotatable bonds is 3. The van der Waals surface area contributed by atoms with Gasteiger partial charge in [-0.1, -0.05) is 17.7 Å². The average Bonchev–Trinajstić information content (AvgIpc) is 3.02. The van der Waals surface area contributed by atoms with Gasteiger partial charge in [0.15, 0.2) is 5.76 Å². The first kappa shape index (κ1) is 15.3. The van der Waals surface area contributed by atoms with Crippen LogP contribution in [0.25, 0.3) is 11.3 Å². The standard InChI is InChI=1S/C18H13ClFNO2/c1-11-14(19)3-2-4-15(11)21-18(22)17-10-9-16(23-17)12-5-7-13(20)8-6-12/h2-10H,1H3,(H,21,22). The smallest absolute Gasteiger partial charge is 0.291 e. The Kier molecular flexibility index (Phi) is 4.17. The fourth-order valence-electron chi connectivity index (χ4n) is 2.16. The van der Waals surface area contributed by atoms with E-state index >= 15 is 0 Å². The van der Waals surface area contributed by atoms with E-state index in [-0.39, 0.29) is 17.5 Å². The van der Waals surface area contributed by atoms with Gasteiger partial charge >= 0.3 is 0 Å². The monoisotopic (exact) mass is 329 g/mol. The van der Waals surface area contributed by atoms with Gasteiger partial charge in [0.25, 0.3) is 5.91 Å². The molecule has 0 fully saturated rings. The molecule has 0 radical (unpaired) electrons. The van der Waals surface area contributed by atoms with Crippen LogP contribution in [-0.2, 0) is 0 Å². The Morgan fingerprint density at radius 1 is 1.09 bits per heavy atom. The molecule has 23 heavy (non-hydrogen) atoms. The maximum atomic E-state index is 12.9. The summed E-state index contributed by atoms with van der Waals surface area (Å²) in [6.07, 6.45) is 0. The van der Waals surface area contributed by atoms with Gasteiger partial charge in [-0.25, -0.2) is 4.39 Å². The summed E-state index contributed by atoms with van der Waals surface area (Å²) in [6.45, 7) is 1.82. The van der Waals surface area contributed by atoms with Crippen molar-refractivity contribution in [3.8, 4) is 11.3 Å². The number of carbonyl (C=O) groups excluding carboxylic acids is 1. The molecule has 0 unspecified atom stereocenters. The van der Waals surface area contributed by atoms with Gasteiger partial charge in [-0.3, -0.25) is 4.79 Å². The van der Waals surface area contributed by atoms with E-state index < -0.39 is 0 Å². The molecular weight excluding hydrogens is 317 g/mol. The number of carbonyl (C=O) groups is 1. The second-order valence-corrected chi connectivity index (χ2v) is 5.44. The summed E-state index contributed by atoms with van der Waals surface area (Å²) < 4.78 is 18.5. The number of hydrogen-bond acceptors (Lipinski definition) is 2. The number of hydrogen-bond donors (Lipinski definition) is 1. The molecule has 0 saturated heterocycles. The Morgan fingerprint density at radius 2 is 1.83 bits per heavy atom. The number of amides is 1. The van der Waals surface area contributed by atoms with Gasteiger partial charge in [0, 0.05) is 16.3 Å². The summed E-state index contributed by atoms with van der Waals surface area (Å²) in [5, 5.41) is 3.34. The Bertz CT molecular complexity index is 856. The van der Waals surface area contributed by atoms with Gasteiger partial charge in [-0.15, -0.1) is 0 Å². The summed E-state index contributed by atoms with van der Waals surface area (Å²) >= 11 is 6.03. The summed E-state index contributed by atoms with van der Waals surface area (Å²) in [7, 11) is 0. The van der Waals surface area contributed by atoms with Gasteiger partial charge in [-0.2, -0.15) is 0 Å². The lowest BCUT2D eigenvalue weighted by Gasteiger charge is -2.08. The Morgan fingerprint density at radius 3 is 2.57 bits per heavy atom. The molecule has 1 N–H and O–H groups in total. The second-order valence-electron chi connectivity index (χ2n) is 5.04. The molecule has 0 aliphatic carbocycles. The van der Waals surface area contributed by atoms with Crippen LogP contribution in [0.4, 0.5) is 10.1 Å². The lowest BCUT2D eigenvalue weighted by atomic mass is 10.2. The lowest BCUT2D eigenvalue weighted by Crippen LogP contribution is -2.11. The average molecular weight is 330 g/mol. The molecule has 3 aromatic rings. The van der Waals surface area contributed by atoms with Crippen LogP contribution in [0.5, 0.6) is 0 Å². The van der Waals surface area contributed by atoms with Crippen LogP contribution in [0, 0.1) is 12.7 Å². The van der Waals surface area contributed by atoms with Crippen molar-refractivity contribution in [3.63, 3.8) is 0 Å². The zero-order valence-electron chi connectivity index (χ0n) is 12.3. The summed E-state index contributed by atoms with van der Waals surface area (Å²) in [5.74, 6) is -0.0277. The molecule has 1 heterocycles. The first-order chi connectivity index (χ1) is 11.0. The fraction of sp³-hybridized carbons (Fsp3) is 0.0556. The number of nitrogens with one attached hydrogen (secondary N) is 1. The predicted octanol–water partition coefficient (Wildman–Crippen LogP) is 5.30. The van der Waals surface area contributed by atoms with Crippen molar-refractivity contribution in [2.45, 2.75) is 6.92 Å². The van der Waals surface area contributed by atoms with Gasteiger partial charge in [0.05, 0.1) is 0 Å². The largest absolute Gasteiger partial charge is 0.451 e. The second kappa shape index (κ2) is 6.26. The first-order valence-electron chi connectivity index (χ1n) is 6.97. The highest BCUT2D eigenvalue weighted by molar-refractivity contribution is 6.31. The minimum absolute atomic E-state index is 0.170. The van der Waals surface area contributed by atoms with Crippen LogP contribution in [0.2, 0.25) is 5.02 Å². The summed E-state index contributed by atoms with van der Waals surface area (Å²) in [4.78, 5) is 12.3. The van der Waals surface area contributed by atoms with Crippen LogP contribution in [0.15, 0.2) is 59.0 Å². The van der Waals surface area contributed by atoms with Crippen LogP contribution in [0.3, 0.4) is 0 Å². The topological polar surface area (TPSA) is 42.2 Å². The molecule has 0 saturated carbocycles. The highest BCUT2D eigenvalue weighted by atomic mass is 35.5. The van der Waals surface area contributed by atoms with E-state index in [1.54, 1.807) is 42.5 Å². The Hall–Kier alpha value is -2.59. The highest BCUT2D eigenvalue weighted by Gasteiger charge is 2.14. The molecule has 5 heteroatoms. The zero-order chi connectivity index (χ0) is 16.4. The fourth-order valence-corrected chi connectivity index (χ4v) is 2.33. The minimum Gasteiger partial charge on any atom is -0.451 e. The van der Waals surface area contributed by atoms with Crippen molar-refractivity contribution < 1.29 is 13.6 Å². The molecule has 3 rings (SSSR count). The lowest BCUT2D eigenvalue weighted by molar-refractivity contribution is 0.0997. The zero-order valence-corrected chi connectivity index (χ0v) is 13.0. The van der Waals surface area contributed by atoms with Crippen molar-refractivity contribution in [1.29, 1.82) is 0 Å². The minimum atomic E-state index is -0.372. The highest BCUT2D eigenvalue weighted by Crippen LogP contribution is 2.25. The maximum Gasteiger partial charge on any atom is 0.291 e. The number of halogens is 2. The molecule has 116 valence electrons. The number of anilines is 1. The van der Waals surface area contributed by atoms with E-state index in [9.17, 15) is 9.18 Å². The Labute approximate surface area is 137 Å². The van der Waals surface area contributed by atoms with Gasteiger partial charge in [0.2, 0.25) is 0 Å². The normalized spacial score (nSPS) is 10.6. The van der Waals surface area contributed by atoms with E-state index in [0.29, 0.717) is 22.0 Å². The van der Waals surface area contributed by atoms with E-state index in [4.69, 9.17) is 16.0 Å². The molecule has 0 spiro atoms. The van der Waals surface area contributed by atoms with E-state index in [1.807, 2.05) is 6.92 Å². The van der Waals surface area contributed by atoms with E-state index in [1.165, 1.54) is 12.1 Å². The van der Waals surface area contributed by atoms with Crippen molar-refractivity contribution in [1.82, 2.24) is 0 Å². The predicted molar refractivity (Wildman–Crippen MR) is 88.2 cm³/mol. The first-order valence-corrected chi connectivity index (χ1v) is 7.34. The molecule has 0 bridgehead atoms. The van der Waals surface area contributed by atoms with Gasteiger partial charge in [-0.05, 0) is 61.0 Å². The van der Waals surface area contributed by atoms with Crippen molar-refractivity contribution in [2.75, 3.05) is 5.32 Å². The third-order valence-electron chi connectivity index (χ3n) is 3.47. The third-order valence-corrected chi connectivity index (χ3v) is 3.88.